The third-order valence-corrected chi connectivity index (χ3v) is 5.26. The molecule has 1 aromatic carbocycles. The fourth-order valence-electron chi connectivity index (χ4n) is 3.64. The van der Waals surface area contributed by atoms with E-state index in [4.69, 9.17) is 9.47 Å². The molecule has 3 aromatic rings. The molecule has 9 nitrogen and oxygen atoms in total. The number of ether oxygens (including phenoxy) is 2. The monoisotopic (exact) mass is 453 g/mol. The summed E-state index contributed by atoms with van der Waals surface area (Å²) in [5.74, 6) is 0.648. The van der Waals surface area contributed by atoms with Crippen molar-refractivity contribution in [3.63, 3.8) is 0 Å². The minimum absolute atomic E-state index is 0.133. The zero-order valence-corrected chi connectivity index (χ0v) is 20.0. The van der Waals surface area contributed by atoms with Gasteiger partial charge in [-0.05, 0) is 55.5 Å². The van der Waals surface area contributed by atoms with Crippen LogP contribution in [0.25, 0.3) is 11.0 Å². The number of carbonyl (C=O) groups excluding carboxylic acids is 2. The maximum Gasteiger partial charge on any atom is 0.411 e. The SMILES string of the molecule is COc1nn(C)c2nc(C)c(CCC(=O)Nc3cccc(NC(=O)OCC(C)C)c3)c(C)c12. The second kappa shape index (κ2) is 10.3. The molecule has 0 aliphatic rings. The third kappa shape index (κ3) is 5.79. The van der Waals surface area contributed by atoms with Crippen LogP contribution in [-0.2, 0) is 23.0 Å². The summed E-state index contributed by atoms with van der Waals surface area (Å²) in [5.41, 5.74) is 4.79. The van der Waals surface area contributed by atoms with Crippen LogP contribution in [0.3, 0.4) is 0 Å². The van der Waals surface area contributed by atoms with Crippen LogP contribution in [0.1, 0.15) is 37.1 Å². The predicted octanol–water partition coefficient (Wildman–Crippen LogP) is 4.37. The number of benzene rings is 1. The number of carbonyl (C=O) groups is 2. The second-order valence-corrected chi connectivity index (χ2v) is 8.38. The van der Waals surface area contributed by atoms with E-state index in [1.807, 2.05) is 34.7 Å². The highest BCUT2D eigenvalue weighted by Crippen LogP contribution is 2.30. The van der Waals surface area contributed by atoms with Gasteiger partial charge in [-0.1, -0.05) is 19.9 Å². The third-order valence-electron chi connectivity index (χ3n) is 5.26. The number of hydrogen-bond acceptors (Lipinski definition) is 6. The smallest absolute Gasteiger partial charge is 0.411 e. The van der Waals surface area contributed by atoms with Crippen molar-refractivity contribution >= 4 is 34.4 Å². The average Bonchev–Trinajstić information content (AvgIpc) is 3.08. The van der Waals surface area contributed by atoms with Gasteiger partial charge < -0.3 is 14.8 Å². The molecule has 176 valence electrons. The van der Waals surface area contributed by atoms with E-state index >= 15 is 0 Å². The van der Waals surface area contributed by atoms with Crippen LogP contribution < -0.4 is 15.4 Å². The van der Waals surface area contributed by atoms with Gasteiger partial charge in [-0.3, -0.25) is 10.1 Å². The molecule has 0 unspecified atom stereocenters. The highest BCUT2D eigenvalue weighted by Gasteiger charge is 2.18. The fourth-order valence-corrected chi connectivity index (χ4v) is 3.64. The quantitative estimate of drug-likeness (QED) is 0.524. The Kier molecular flexibility index (Phi) is 7.52. The number of hydrogen-bond donors (Lipinski definition) is 2. The van der Waals surface area contributed by atoms with Crippen molar-refractivity contribution in [3.05, 3.63) is 41.1 Å². The van der Waals surface area contributed by atoms with E-state index in [0.717, 1.165) is 27.9 Å². The van der Waals surface area contributed by atoms with Gasteiger partial charge in [0.05, 0.1) is 19.1 Å². The number of aryl methyl sites for hydroxylation is 3. The van der Waals surface area contributed by atoms with E-state index < -0.39 is 6.09 Å². The van der Waals surface area contributed by atoms with Crippen molar-refractivity contribution < 1.29 is 19.1 Å². The van der Waals surface area contributed by atoms with Crippen LogP contribution in [0.2, 0.25) is 0 Å². The molecule has 33 heavy (non-hydrogen) atoms. The molecular formula is C24H31N5O4. The first-order valence-electron chi connectivity index (χ1n) is 10.9. The Bertz CT molecular complexity index is 1170. The Labute approximate surface area is 193 Å². The van der Waals surface area contributed by atoms with E-state index in [2.05, 4.69) is 20.7 Å². The van der Waals surface area contributed by atoms with Crippen LogP contribution in [-0.4, -0.2) is 40.5 Å². The summed E-state index contributed by atoms with van der Waals surface area (Å²) in [7, 11) is 3.41. The number of amides is 2. The molecule has 2 heterocycles. The number of methoxy groups -OCH3 is 1. The molecule has 0 fully saturated rings. The van der Waals surface area contributed by atoms with Gasteiger partial charge in [0.15, 0.2) is 5.65 Å². The first kappa shape index (κ1) is 24.0. The van der Waals surface area contributed by atoms with Crippen molar-refractivity contribution in [2.75, 3.05) is 24.4 Å². The lowest BCUT2D eigenvalue weighted by Gasteiger charge is -2.12. The number of nitrogens with one attached hydrogen (secondary N) is 2. The van der Waals surface area contributed by atoms with Gasteiger partial charge in [-0.25, -0.2) is 14.5 Å². The lowest BCUT2D eigenvalue weighted by molar-refractivity contribution is -0.116. The largest absolute Gasteiger partial charge is 0.479 e. The van der Waals surface area contributed by atoms with Gasteiger partial charge in [0, 0.05) is 30.5 Å². The highest BCUT2D eigenvalue weighted by atomic mass is 16.5. The molecule has 0 radical (unpaired) electrons. The van der Waals surface area contributed by atoms with Crippen LogP contribution in [0.15, 0.2) is 24.3 Å². The lowest BCUT2D eigenvalue weighted by Crippen LogP contribution is -2.17. The molecular weight excluding hydrogens is 422 g/mol. The number of aromatic nitrogens is 3. The lowest BCUT2D eigenvalue weighted by atomic mass is 10.00. The van der Waals surface area contributed by atoms with Crippen LogP contribution in [0.4, 0.5) is 16.2 Å². The predicted molar refractivity (Wildman–Crippen MR) is 128 cm³/mol. The Balaban J connectivity index is 1.65. The number of nitrogens with zero attached hydrogens (tertiary/aromatic N) is 3. The van der Waals surface area contributed by atoms with E-state index in [-0.39, 0.29) is 18.2 Å². The number of pyridine rings is 1. The van der Waals surface area contributed by atoms with E-state index in [1.54, 1.807) is 36.1 Å². The summed E-state index contributed by atoms with van der Waals surface area (Å²) in [6.07, 6.45) is 0.294. The summed E-state index contributed by atoms with van der Waals surface area (Å²) in [6, 6.07) is 6.96. The summed E-state index contributed by atoms with van der Waals surface area (Å²) >= 11 is 0. The van der Waals surface area contributed by atoms with Gasteiger partial charge in [0.25, 0.3) is 0 Å². The highest BCUT2D eigenvalue weighted by molar-refractivity contribution is 5.93. The number of fused-ring (bicyclic) bond motifs is 1. The van der Waals surface area contributed by atoms with Gasteiger partial charge in [-0.15, -0.1) is 5.10 Å². The first-order chi connectivity index (χ1) is 15.7. The molecule has 0 saturated carbocycles. The van der Waals surface area contributed by atoms with E-state index in [0.29, 0.717) is 30.3 Å². The maximum absolute atomic E-state index is 12.6. The second-order valence-electron chi connectivity index (χ2n) is 8.38. The van der Waals surface area contributed by atoms with Gasteiger partial charge in [0.2, 0.25) is 11.8 Å². The Morgan fingerprint density at radius 1 is 1.15 bits per heavy atom. The van der Waals surface area contributed by atoms with Crippen molar-refractivity contribution in [1.82, 2.24) is 14.8 Å². The summed E-state index contributed by atoms with van der Waals surface area (Å²) in [6.45, 7) is 8.21. The standard InChI is InChI=1S/C24H31N5O4/c1-14(2)13-33-24(31)27-18-9-7-8-17(12-18)26-20(30)11-10-19-15(3)21-22(25-16(19)4)29(5)28-23(21)32-6/h7-9,12,14H,10-11,13H2,1-6H3,(H,26,30)(H,27,31). The zero-order valence-electron chi connectivity index (χ0n) is 20.0. The molecule has 2 N–H and O–H groups in total. The van der Waals surface area contributed by atoms with Crippen molar-refractivity contribution in [1.29, 1.82) is 0 Å². The molecule has 2 amide bonds. The fraction of sp³-hybridized carbons (Fsp3) is 0.417. The zero-order chi connectivity index (χ0) is 24.1. The van der Waals surface area contributed by atoms with Crippen molar-refractivity contribution in [2.24, 2.45) is 13.0 Å². The number of rotatable bonds is 8. The molecule has 0 spiro atoms. The Morgan fingerprint density at radius 2 is 1.85 bits per heavy atom. The summed E-state index contributed by atoms with van der Waals surface area (Å²) in [4.78, 5) is 29.2. The first-order valence-corrected chi connectivity index (χ1v) is 10.9. The van der Waals surface area contributed by atoms with Gasteiger partial charge in [-0.2, -0.15) is 0 Å². The van der Waals surface area contributed by atoms with Crippen molar-refractivity contribution in [3.8, 4) is 5.88 Å². The molecule has 0 saturated heterocycles. The molecule has 9 heteroatoms. The Morgan fingerprint density at radius 3 is 2.52 bits per heavy atom. The normalized spacial score (nSPS) is 11.0. The average molecular weight is 454 g/mol. The topological polar surface area (TPSA) is 107 Å². The maximum atomic E-state index is 12.6. The van der Waals surface area contributed by atoms with Crippen LogP contribution in [0, 0.1) is 19.8 Å². The number of anilines is 2. The Hall–Kier alpha value is -3.62. The van der Waals surface area contributed by atoms with E-state index in [1.165, 1.54) is 0 Å². The molecule has 0 bridgehead atoms. The minimum atomic E-state index is -0.521. The van der Waals surface area contributed by atoms with E-state index in [9.17, 15) is 9.59 Å². The van der Waals surface area contributed by atoms with Crippen molar-refractivity contribution in [2.45, 2.75) is 40.5 Å². The minimum Gasteiger partial charge on any atom is -0.479 e. The molecule has 0 aliphatic heterocycles. The molecule has 0 atom stereocenters. The summed E-state index contributed by atoms with van der Waals surface area (Å²) < 4.78 is 12.2. The van der Waals surface area contributed by atoms with Gasteiger partial charge >= 0.3 is 6.09 Å². The molecule has 3 rings (SSSR count). The molecule has 2 aromatic heterocycles. The summed E-state index contributed by atoms with van der Waals surface area (Å²) in [5, 5.41) is 10.8. The van der Waals surface area contributed by atoms with Gasteiger partial charge in [0.1, 0.15) is 0 Å². The van der Waals surface area contributed by atoms with Crippen LogP contribution in [0.5, 0.6) is 5.88 Å². The van der Waals surface area contributed by atoms with Crippen LogP contribution >= 0.6 is 0 Å². The molecule has 0 aliphatic carbocycles.